The molecule has 0 fully saturated rings. The van der Waals surface area contributed by atoms with Crippen LogP contribution >= 0.6 is 0 Å². The van der Waals surface area contributed by atoms with E-state index in [1.54, 1.807) is 12.1 Å². The van der Waals surface area contributed by atoms with Crippen LogP contribution in [-0.4, -0.2) is 19.1 Å². The van der Waals surface area contributed by atoms with Crippen molar-refractivity contribution in [2.24, 2.45) is 0 Å². The number of nitrogens with one attached hydrogen (secondary N) is 1. The Morgan fingerprint density at radius 2 is 1.86 bits per heavy atom. The SMILES string of the molecule is O=C(Nc1c2c(cc3c1OCC3)OCC2)c1ccccc1. The summed E-state index contributed by atoms with van der Waals surface area (Å²) in [6.07, 6.45) is 1.66. The van der Waals surface area contributed by atoms with Gasteiger partial charge in [0.1, 0.15) is 11.5 Å². The third-order valence-electron chi connectivity index (χ3n) is 3.93. The second-order valence-corrected chi connectivity index (χ2v) is 5.23. The molecule has 1 amide bonds. The molecule has 0 spiro atoms. The van der Waals surface area contributed by atoms with E-state index in [0.29, 0.717) is 18.8 Å². The fraction of sp³-hybridized carbons (Fsp3) is 0.235. The summed E-state index contributed by atoms with van der Waals surface area (Å²) in [7, 11) is 0. The van der Waals surface area contributed by atoms with E-state index in [1.165, 1.54) is 0 Å². The first kappa shape index (κ1) is 12.3. The number of amides is 1. The zero-order valence-corrected chi connectivity index (χ0v) is 11.5. The molecule has 4 rings (SSSR count). The van der Waals surface area contributed by atoms with Gasteiger partial charge in [-0.2, -0.15) is 0 Å². The molecule has 0 aliphatic carbocycles. The molecular formula is C17H15NO3. The van der Waals surface area contributed by atoms with Crippen molar-refractivity contribution >= 4 is 11.6 Å². The monoisotopic (exact) mass is 281 g/mol. The molecule has 4 nitrogen and oxygen atoms in total. The molecule has 0 atom stereocenters. The van der Waals surface area contributed by atoms with Crippen LogP contribution in [0, 0.1) is 0 Å². The van der Waals surface area contributed by atoms with Crippen LogP contribution in [0.2, 0.25) is 0 Å². The molecule has 4 heteroatoms. The first-order valence-corrected chi connectivity index (χ1v) is 7.13. The Morgan fingerprint density at radius 3 is 2.71 bits per heavy atom. The highest BCUT2D eigenvalue weighted by Gasteiger charge is 2.27. The van der Waals surface area contributed by atoms with Gasteiger partial charge in [-0.3, -0.25) is 4.79 Å². The molecule has 2 aromatic rings. The van der Waals surface area contributed by atoms with Gasteiger partial charge in [0.15, 0.2) is 0 Å². The van der Waals surface area contributed by atoms with Crippen molar-refractivity contribution in [3.63, 3.8) is 0 Å². The maximum atomic E-state index is 12.4. The maximum Gasteiger partial charge on any atom is 0.255 e. The second kappa shape index (κ2) is 4.81. The highest BCUT2D eigenvalue weighted by molar-refractivity contribution is 6.06. The second-order valence-electron chi connectivity index (χ2n) is 5.23. The Morgan fingerprint density at radius 1 is 1.05 bits per heavy atom. The van der Waals surface area contributed by atoms with Crippen LogP contribution in [0.5, 0.6) is 11.5 Å². The highest BCUT2D eigenvalue weighted by atomic mass is 16.5. The summed E-state index contributed by atoms with van der Waals surface area (Å²) in [6, 6.07) is 11.3. The summed E-state index contributed by atoms with van der Waals surface area (Å²) in [5.41, 5.74) is 3.58. The number of carbonyl (C=O) groups excluding carboxylic acids is 1. The quantitative estimate of drug-likeness (QED) is 0.920. The summed E-state index contributed by atoms with van der Waals surface area (Å²) >= 11 is 0. The number of ether oxygens (including phenoxy) is 2. The number of carbonyl (C=O) groups is 1. The minimum atomic E-state index is -0.117. The summed E-state index contributed by atoms with van der Waals surface area (Å²) < 4.78 is 11.4. The summed E-state index contributed by atoms with van der Waals surface area (Å²) in [6.45, 7) is 1.32. The Kier molecular flexibility index (Phi) is 2.81. The lowest BCUT2D eigenvalue weighted by atomic mass is 10.0. The summed E-state index contributed by atoms with van der Waals surface area (Å²) in [5.74, 6) is 1.57. The zero-order valence-electron chi connectivity index (χ0n) is 11.5. The van der Waals surface area contributed by atoms with Crippen LogP contribution in [0.3, 0.4) is 0 Å². The fourth-order valence-electron chi connectivity index (χ4n) is 2.89. The van der Waals surface area contributed by atoms with E-state index in [4.69, 9.17) is 9.47 Å². The van der Waals surface area contributed by atoms with Gasteiger partial charge in [-0.25, -0.2) is 0 Å². The molecule has 0 radical (unpaired) electrons. The number of rotatable bonds is 2. The van der Waals surface area contributed by atoms with Crippen molar-refractivity contribution in [3.05, 3.63) is 53.1 Å². The van der Waals surface area contributed by atoms with Crippen LogP contribution < -0.4 is 14.8 Å². The van der Waals surface area contributed by atoms with E-state index >= 15 is 0 Å². The van der Waals surface area contributed by atoms with Crippen molar-refractivity contribution in [2.75, 3.05) is 18.5 Å². The lowest BCUT2D eigenvalue weighted by molar-refractivity contribution is 0.102. The van der Waals surface area contributed by atoms with Crippen LogP contribution in [0.25, 0.3) is 0 Å². The predicted octanol–water partition coefficient (Wildman–Crippen LogP) is 2.81. The van der Waals surface area contributed by atoms with Gasteiger partial charge in [-0.05, 0) is 18.2 Å². The van der Waals surface area contributed by atoms with Crippen molar-refractivity contribution < 1.29 is 14.3 Å². The van der Waals surface area contributed by atoms with Gasteiger partial charge in [0.05, 0.1) is 18.9 Å². The number of hydrogen-bond acceptors (Lipinski definition) is 3. The van der Waals surface area contributed by atoms with Crippen LogP contribution in [0.1, 0.15) is 21.5 Å². The zero-order chi connectivity index (χ0) is 14.2. The molecule has 0 saturated heterocycles. The minimum Gasteiger partial charge on any atom is -0.493 e. The lowest BCUT2D eigenvalue weighted by Gasteiger charge is -2.14. The van der Waals surface area contributed by atoms with E-state index in [2.05, 4.69) is 5.32 Å². The topological polar surface area (TPSA) is 47.6 Å². The van der Waals surface area contributed by atoms with Gasteiger partial charge in [-0.1, -0.05) is 18.2 Å². The van der Waals surface area contributed by atoms with Gasteiger partial charge in [0, 0.05) is 29.5 Å². The molecule has 0 unspecified atom stereocenters. The molecular weight excluding hydrogens is 266 g/mol. The smallest absolute Gasteiger partial charge is 0.255 e. The van der Waals surface area contributed by atoms with Crippen molar-refractivity contribution in [1.82, 2.24) is 0 Å². The Hall–Kier alpha value is -2.49. The van der Waals surface area contributed by atoms with Gasteiger partial charge < -0.3 is 14.8 Å². The third kappa shape index (κ3) is 2.03. The van der Waals surface area contributed by atoms with E-state index < -0.39 is 0 Å². The Labute approximate surface area is 122 Å². The summed E-state index contributed by atoms with van der Waals surface area (Å²) in [5, 5.41) is 3.01. The fourth-order valence-corrected chi connectivity index (χ4v) is 2.89. The van der Waals surface area contributed by atoms with Crippen LogP contribution in [-0.2, 0) is 12.8 Å². The Balaban J connectivity index is 1.74. The van der Waals surface area contributed by atoms with Crippen molar-refractivity contribution in [2.45, 2.75) is 12.8 Å². The third-order valence-corrected chi connectivity index (χ3v) is 3.93. The normalized spacial score (nSPS) is 14.9. The highest BCUT2D eigenvalue weighted by Crippen LogP contribution is 2.44. The van der Waals surface area contributed by atoms with Crippen LogP contribution in [0.4, 0.5) is 5.69 Å². The van der Waals surface area contributed by atoms with E-state index in [-0.39, 0.29) is 5.91 Å². The average Bonchev–Trinajstić information content (AvgIpc) is 3.16. The van der Waals surface area contributed by atoms with E-state index in [9.17, 15) is 4.79 Å². The number of benzene rings is 2. The largest absolute Gasteiger partial charge is 0.493 e. The average molecular weight is 281 g/mol. The first-order chi connectivity index (χ1) is 10.3. The molecule has 0 bridgehead atoms. The molecule has 2 aliphatic rings. The number of fused-ring (bicyclic) bond motifs is 2. The molecule has 2 aromatic carbocycles. The van der Waals surface area contributed by atoms with Gasteiger partial charge in [-0.15, -0.1) is 0 Å². The minimum absolute atomic E-state index is 0.117. The predicted molar refractivity (Wildman–Crippen MR) is 79.2 cm³/mol. The van der Waals surface area contributed by atoms with Crippen molar-refractivity contribution in [3.8, 4) is 11.5 Å². The molecule has 2 aliphatic heterocycles. The maximum absolute atomic E-state index is 12.4. The number of hydrogen-bond donors (Lipinski definition) is 1. The number of anilines is 1. The Bertz CT molecular complexity index is 677. The van der Waals surface area contributed by atoms with Gasteiger partial charge >= 0.3 is 0 Å². The standard InChI is InChI=1S/C17H15NO3/c19-17(11-4-2-1-3-5-11)18-15-13-7-9-20-14(13)10-12-6-8-21-16(12)15/h1-5,10H,6-9H2,(H,18,19). The van der Waals surface area contributed by atoms with Crippen LogP contribution in [0.15, 0.2) is 36.4 Å². The van der Waals surface area contributed by atoms with Crippen molar-refractivity contribution in [1.29, 1.82) is 0 Å². The lowest BCUT2D eigenvalue weighted by Crippen LogP contribution is -2.13. The van der Waals surface area contributed by atoms with Gasteiger partial charge in [0.2, 0.25) is 0 Å². The summed E-state index contributed by atoms with van der Waals surface area (Å²) in [4.78, 5) is 12.4. The molecule has 0 saturated carbocycles. The molecule has 21 heavy (non-hydrogen) atoms. The van der Waals surface area contributed by atoms with E-state index in [1.807, 2.05) is 24.3 Å². The van der Waals surface area contributed by atoms with Gasteiger partial charge in [0.25, 0.3) is 5.91 Å². The van der Waals surface area contributed by atoms with E-state index in [0.717, 1.165) is 41.2 Å². The molecule has 106 valence electrons. The molecule has 2 heterocycles. The molecule has 0 aromatic heterocycles. The molecule has 1 N–H and O–H groups in total. The first-order valence-electron chi connectivity index (χ1n) is 7.13.